The average Bonchev–Trinajstić information content (AvgIpc) is 2.77. The normalized spacial score (nSPS) is 13.5. The molecule has 108 valence electrons. The molecule has 0 aliphatic carbocycles. The Morgan fingerprint density at radius 2 is 1.95 bits per heavy atom. The summed E-state index contributed by atoms with van der Waals surface area (Å²) >= 11 is 7.09. The fraction of sp³-hybridized carbons (Fsp3) is 0.167. The molecular formula is C12H9ClF4N2S. The summed E-state index contributed by atoms with van der Waals surface area (Å²) in [6.07, 6.45) is -4.77. The number of thiophene rings is 1. The lowest BCUT2D eigenvalue weighted by Gasteiger charge is -2.18. The highest BCUT2D eigenvalue weighted by atomic mass is 35.5. The van der Waals surface area contributed by atoms with Gasteiger partial charge in [-0.1, -0.05) is 23.7 Å². The first kappa shape index (κ1) is 15.2. The van der Waals surface area contributed by atoms with Gasteiger partial charge in [0.25, 0.3) is 0 Å². The van der Waals surface area contributed by atoms with E-state index >= 15 is 0 Å². The van der Waals surface area contributed by atoms with Crippen LogP contribution in [0.25, 0.3) is 0 Å². The van der Waals surface area contributed by atoms with Crippen LogP contribution in [-0.4, -0.2) is 0 Å². The van der Waals surface area contributed by atoms with Crippen molar-refractivity contribution in [1.82, 2.24) is 5.43 Å². The summed E-state index contributed by atoms with van der Waals surface area (Å²) in [5.74, 6) is 3.99. The van der Waals surface area contributed by atoms with Crippen LogP contribution in [-0.2, 0) is 6.18 Å². The molecule has 0 radical (unpaired) electrons. The Morgan fingerprint density at radius 3 is 2.45 bits per heavy atom. The van der Waals surface area contributed by atoms with Crippen LogP contribution in [0.4, 0.5) is 17.6 Å². The second-order valence-electron chi connectivity index (χ2n) is 3.94. The summed E-state index contributed by atoms with van der Waals surface area (Å²) in [5, 5.41) is 1.96. The minimum atomic E-state index is -4.77. The van der Waals surface area contributed by atoms with Crippen LogP contribution >= 0.6 is 22.9 Å². The van der Waals surface area contributed by atoms with E-state index < -0.39 is 23.6 Å². The molecule has 1 heterocycles. The monoisotopic (exact) mass is 324 g/mol. The van der Waals surface area contributed by atoms with Crippen molar-refractivity contribution >= 4 is 22.9 Å². The van der Waals surface area contributed by atoms with Crippen molar-refractivity contribution in [2.45, 2.75) is 12.2 Å². The highest BCUT2D eigenvalue weighted by Gasteiger charge is 2.36. The molecule has 0 amide bonds. The first-order valence-corrected chi connectivity index (χ1v) is 6.66. The topological polar surface area (TPSA) is 38.0 Å². The number of benzene rings is 1. The highest BCUT2D eigenvalue weighted by Crippen LogP contribution is 2.37. The van der Waals surface area contributed by atoms with E-state index in [1.165, 1.54) is 17.4 Å². The maximum atomic E-state index is 14.1. The van der Waals surface area contributed by atoms with E-state index in [2.05, 4.69) is 5.43 Å². The lowest BCUT2D eigenvalue weighted by Crippen LogP contribution is -2.29. The Balaban J connectivity index is 2.54. The molecule has 3 N–H and O–H groups in total. The predicted molar refractivity (Wildman–Crippen MR) is 69.9 cm³/mol. The number of halogens is 5. The molecule has 1 aromatic carbocycles. The standard InChI is InChI=1S/C12H9ClF4N2S/c13-8-4-5-20-11(8)10(19-18)6-2-1-3-7(9(6)14)12(15,16)17/h1-5,10,19H,18H2. The summed E-state index contributed by atoms with van der Waals surface area (Å²) in [7, 11) is 0. The Bertz CT molecular complexity index is 612. The van der Waals surface area contributed by atoms with E-state index in [0.29, 0.717) is 16.0 Å². The van der Waals surface area contributed by atoms with Gasteiger partial charge in [0.05, 0.1) is 16.6 Å². The Hall–Kier alpha value is -1.15. The quantitative estimate of drug-likeness (QED) is 0.506. The summed E-state index contributed by atoms with van der Waals surface area (Å²) in [4.78, 5) is 0.451. The van der Waals surface area contributed by atoms with Gasteiger partial charge in [-0.05, 0) is 17.5 Å². The molecule has 0 fully saturated rings. The molecule has 2 nitrogen and oxygen atoms in total. The molecule has 2 aromatic rings. The molecule has 0 saturated carbocycles. The van der Waals surface area contributed by atoms with Gasteiger partial charge in [0.1, 0.15) is 5.82 Å². The summed E-state index contributed by atoms with van der Waals surface area (Å²) in [6, 6.07) is 3.68. The third kappa shape index (κ3) is 2.80. The van der Waals surface area contributed by atoms with Crippen molar-refractivity contribution in [2.24, 2.45) is 5.84 Å². The van der Waals surface area contributed by atoms with Gasteiger partial charge >= 0.3 is 6.18 Å². The molecule has 20 heavy (non-hydrogen) atoms. The minimum Gasteiger partial charge on any atom is -0.271 e. The van der Waals surface area contributed by atoms with Gasteiger partial charge in [0.2, 0.25) is 0 Å². The average molecular weight is 325 g/mol. The minimum absolute atomic E-state index is 0.202. The van der Waals surface area contributed by atoms with Crippen molar-refractivity contribution in [3.05, 3.63) is 56.5 Å². The third-order valence-electron chi connectivity index (χ3n) is 2.72. The number of hydrogen-bond acceptors (Lipinski definition) is 3. The second kappa shape index (κ2) is 5.69. The molecule has 8 heteroatoms. The van der Waals surface area contributed by atoms with Gasteiger partial charge in [-0.3, -0.25) is 5.84 Å². The van der Waals surface area contributed by atoms with E-state index in [-0.39, 0.29) is 5.56 Å². The highest BCUT2D eigenvalue weighted by molar-refractivity contribution is 7.10. The first-order chi connectivity index (χ1) is 9.36. The van der Waals surface area contributed by atoms with Gasteiger partial charge in [0.15, 0.2) is 0 Å². The molecule has 0 aliphatic rings. The molecule has 1 atom stereocenters. The van der Waals surface area contributed by atoms with Crippen molar-refractivity contribution in [3.8, 4) is 0 Å². The first-order valence-electron chi connectivity index (χ1n) is 5.41. The van der Waals surface area contributed by atoms with E-state index in [1.54, 1.807) is 11.4 Å². The largest absolute Gasteiger partial charge is 0.419 e. The SMILES string of the molecule is NNC(c1cccc(C(F)(F)F)c1F)c1sccc1Cl. The van der Waals surface area contributed by atoms with Crippen LogP contribution in [0.15, 0.2) is 29.6 Å². The zero-order valence-corrected chi connectivity index (χ0v) is 11.4. The number of alkyl halides is 3. The Kier molecular flexibility index (Phi) is 4.33. The Morgan fingerprint density at radius 1 is 1.25 bits per heavy atom. The number of hydrazine groups is 1. The lowest BCUT2D eigenvalue weighted by molar-refractivity contribution is -0.140. The van der Waals surface area contributed by atoms with Gasteiger partial charge in [-0.2, -0.15) is 13.2 Å². The van der Waals surface area contributed by atoms with E-state index in [4.69, 9.17) is 17.4 Å². The van der Waals surface area contributed by atoms with Crippen molar-refractivity contribution in [2.75, 3.05) is 0 Å². The van der Waals surface area contributed by atoms with Crippen LogP contribution in [0.1, 0.15) is 22.0 Å². The molecule has 0 aliphatic heterocycles. The van der Waals surface area contributed by atoms with E-state index in [0.717, 1.165) is 6.07 Å². The fourth-order valence-electron chi connectivity index (χ4n) is 1.81. The number of rotatable bonds is 3. The maximum Gasteiger partial charge on any atom is 0.419 e. The Labute approximate surface area is 121 Å². The van der Waals surface area contributed by atoms with Crippen LogP contribution in [0.3, 0.4) is 0 Å². The zero-order valence-electron chi connectivity index (χ0n) is 9.84. The van der Waals surface area contributed by atoms with Crippen molar-refractivity contribution in [3.63, 3.8) is 0 Å². The van der Waals surface area contributed by atoms with Crippen molar-refractivity contribution in [1.29, 1.82) is 0 Å². The molecule has 2 rings (SSSR count). The van der Waals surface area contributed by atoms with E-state index in [9.17, 15) is 17.6 Å². The smallest absolute Gasteiger partial charge is 0.271 e. The third-order valence-corrected chi connectivity index (χ3v) is 4.14. The number of nitrogens with two attached hydrogens (primary N) is 1. The van der Waals surface area contributed by atoms with Crippen LogP contribution in [0, 0.1) is 5.82 Å². The van der Waals surface area contributed by atoms with E-state index in [1.807, 2.05) is 0 Å². The van der Waals surface area contributed by atoms with Crippen LogP contribution in [0.5, 0.6) is 0 Å². The van der Waals surface area contributed by atoms with Gasteiger partial charge in [0, 0.05) is 10.4 Å². The second-order valence-corrected chi connectivity index (χ2v) is 5.29. The van der Waals surface area contributed by atoms with Crippen molar-refractivity contribution < 1.29 is 17.6 Å². The van der Waals surface area contributed by atoms with Gasteiger partial charge in [-0.25, -0.2) is 9.82 Å². The fourth-order valence-corrected chi connectivity index (χ4v) is 3.05. The molecule has 0 spiro atoms. The molecular weight excluding hydrogens is 316 g/mol. The van der Waals surface area contributed by atoms with Gasteiger partial charge in [-0.15, -0.1) is 11.3 Å². The lowest BCUT2D eigenvalue weighted by atomic mass is 10.0. The summed E-state index contributed by atoms with van der Waals surface area (Å²) in [6.45, 7) is 0. The predicted octanol–water partition coefficient (Wildman–Crippen LogP) is 4.11. The zero-order chi connectivity index (χ0) is 14.9. The summed E-state index contributed by atoms with van der Waals surface area (Å²) in [5.41, 5.74) is 0.767. The molecule has 0 bridgehead atoms. The summed E-state index contributed by atoms with van der Waals surface area (Å²) < 4.78 is 52.2. The number of nitrogens with one attached hydrogen (secondary N) is 1. The molecule has 0 saturated heterocycles. The maximum absolute atomic E-state index is 14.1. The van der Waals surface area contributed by atoms with Crippen LogP contribution < -0.4 is 11.3 Å². The van der Waals surface area contributed by atoms with Gasteiger partial charge < -0.3 is 0 Å². The molecule has 1 unspecified atom stereocenters. The number of hydrogen-bond donors (Lipinski definition) is 2. The van der Waals surface area contributed by atoms with Crippen LogP contribution in [0.2, 0.25) is 5.02 Å². The molecule has 1 aromatic heterocycles.